The minimum absolute atomic E-state index is 0.508. The molecule has 0 bridgehead atoms. The summed E-state index contributed by atoms with van der Waals surface area (Å²) in [6.07, 6.45) is 0. The first kappa shape index (κ1) is 14.4. The van der Waals surface area contributed by atoms with E-state index in [1.54, 1.807) is 13.8 Å². The van der Waals surface area contributed by atoms with Gasteiger partial charge in [0.05, 0.1) is 5.41 Å². The Morgan fingerprint density at radius 3 is 2.40 bits per heavy atom. The van der Waals surface area contributed by atoms with Crippen LogP contribution in [0, 0.1) is 5.41 Å². The van der Waals surface area contributed by atoms with Gasteiger partial charge >= 0.3 is 5.97 Å². The van der Waals surface area contributed by atoms with E-state index in [-0.39, 0.29) is 0 Å². The van der Waals surface area contributed by atoms with E-state index in [0.717, 1.165) is 13.1 Å². The van der Waals surface area contributed by atoms with Crippen LogP contribution < -0.4 is 5.32 Å². The fourth-order valence-corrected chi connectivity index (χ4v) is 0.990. The predicted molar refractivity (Wildman–Crippen MR) is 62.1 cm³/mol. The Hall–Kier alpha value is -0.610. The van der Waals surface area contributed by atoms with Crippen molar-refractivity contribution in [1.82, 2.24) is 10.2 Å². The fraction of sp³-hybridized carbons (Fsp3) is 0.909. The van der Waals surface area contributed by atoms with Crippen molar-refractivity contribution in [3.63, 3.8) is 0 Å². The fourth-order valence-electron chi connectivity index (χ4n) is 0.990. The highest BCUT2D eigenvalue weighted by Gasteiger charge is 2.26. The van der Waals surface area contributed by atoms with Crippen LogP contribution in [0.4, 0.5) is 0 Å². The average Bonchev–Trinajstić information content (AvgIpc) is 2.11. The van der Waals surface area contributed by atoms with Crippen LogP contribution in [0.3, 0.4) is 0 Å². The molecule has 0 radical (unpaired) electrons. The van der Waals surface area contributed by atoms with Gasteiger partial charge in [0.1, 0.15) is 0 Å². The molecule has 0 heterocycles. The molecule has 0 aliphatic rings. The monoisotopic (exact) mass is 216 g/mol. The van der Waals surface area contributed by atoms with Crippen LogP contribution in [0.1, 0.15) is 27.7 Å². The van der Waals surface area contributed by atoms with Crippen molar-refractivity contribution in [3.8, 4) is 0 Å². The van der Waals surface area contributed by atoms with Crippen LogP contribution in [0.5, 0.6) is 0 Å². The van der Waals surface area contributed by atoms with Crippen LogP contribution in [0.2, 0.25) is 0 Å². The highest BCUT2D eigenvalue weighted by atomic mass is 16.4. The number of carbonyl (C=O) groups is 1. The maximum absolute atomic E-state index is 10.8. The summed E-state index contributed by atoms with van der Waals surface area (Å²) in [5, 5.41) is 12.1. The molecule has 0 aromatic carbocycles. The summed E-state index contributed by atoms with van der Waals surface area (Å²) < 4.78 is 0. The number of hydrogen-bond acceptors (Lipinski definition) is 3. The van der Waals surface area contributed by atoms with Gasteiger partial charge in [0.15, 0.2) is 0 Å². The average molecular weight is 216 g/mol. The molecule has 0 rings (SSSR count). The topological polar surface area (TPSA) is 52.6 Å². The summed E-state index contributed by atoms with van der Waals surface area (Å²) >= 11 is 0. The first-order valence-corrected chi connectivity index (χ1v) is 5.41. The molecule has 4 heteroatoms. The smallest absolute Gasteiger partial charge is 0.310 e. The summed E-state index contributed by atoms with van der Waals surface area (Å²) in [7, 11) is 2.06. The van der Waals surface area contributed by atoms with Crippen molar-refractivity contribution in [2.45, 2.75) is 33.7 Å². The molecule has 0 fully saturated rings. The summed E-state index contributed by atoms with van der Waals surface area (Å²) in [4.78, 5) is 13.0. The Balaban J connectivity index is 3.68. The van der Waals surface area contributed by atoms with Crippen molar-refractivity contribution in [2.24, 2.45) is 5.41 Å². The van der Waals surface area contributed by atoms with Gasteiger partial charge in [-0.2, -0.15) is 0 Å². The Labute approximate surface area is 92.7 Å². The molecule has 0 saturated heterocycles. The first-order chi connectivity index (χ1) is 6.77. The van der Waals surface area contributed by atoms with Gasteiger partial charge in [0, 0.05) is 25.7 Å². The van der Waals surface area contributed by atoms with E-state index in [1.165, 1.54) is 0 Å². The second kappa shape index (κ2) is 6.08. The molecule has 90 valence electrons. The molecule has 0 aromatic heterocycles. The van der Waals surface area contributed by atoms with E-state index in [2.05, 4.69) is 31.1 Å². The van der Waals surface area contributed by atoms with Crippen molar-refractivity contribution >= 4 is 5.97 Å². The van der Waals surface area contributed by atoms with E-state index < -0.39 is 11.4 Å². The standard InChI is InChI=1S/C11H24N2O2/c1-9(2)13(5)7-6-12-8-11(3,4)10(14)15/h9,12H,6-8H2,1-5H3,(H,14,15). The largest absolute Gasteiger partial charge is 0.481 e. The van der Waals surface area contributed by atoms with Gasteiger partial charge in [-0.05, 0) is 34.7 Å². The molecule has 0 unspecified atom stereocenters. The molecule has 15 heavy (non-hydrogen) atoms. The van der Waals surface area contributed by atoms with Gasteiger partial charge in [0.25, 0.3) is 0 Å². The minimum Gasteiger partial charge on any atom is -0.481 e. The lowest BCUT2D eigenvalue weighted by Gasteiger charge is -2.23. The van der Waals surface area contributed by atoms with Crippen molar-refractivity contribution in [3.05, 3.63) is 0 Å². The number of rotatable bonds is 7. The first-order valence-electron chi connectivity index (χ1n) is 5.41. The van der Waals surface area contributed by atoms with Crippen molar-refractivity contribution in [1.29, 1.82) is 0 Å². The predicted octanol–water partition coefficient (Wildman–Crippen LogP) is 1.03. The third kappa shape index (κ3) is 5.74. The van der Waals surface area contributed by atoms with Crippen LogP contribution in [0.25, 0.3) is 0 Å². The zero-order valence-electron chi connectivity index (χ0n) is 10.5. The van der Waals surface area contributed by atoms with Gasteiger partial charge in [0.2, 0.25) is 0 Å². The third-order valence-electron chi connectivity index (χ3n) is 2.67. The third-order valence-corrected chi connectivity index (χ3v) is 2.67. The van der Waals surface area contributed by atoms with Crippen LogP contribution in [-0.4, -0.2) is 48.7 Å². The number of nitrogens with zero attached hydrogens (tertiary/aromatic N) is 1. The van der Waals surface area contributed by atoms with E-state index in [9.17, 15) is 4.79 Å². The molecule has 2 N–H and O–H groups in total. The number of hydrogen-bond donors (Lipinski definition) is 2. The summed E-state index contributed by atoms with van der Waals surface area (Å²) in [5.74, 6) is -0.757. The molecule has 0 aliphatic carbocycles. The summed E-state index contributed by atoms with van der Waals surface area (Å²) in [6, 6.07) is 0.527. The summed E-state index contributed by atoms with van der Waals surface area (Å²) in [6.45, 7) is 10.0. The number of carboxylic acid groups (broad SMARTS) is 1. The normalized spacial score (nSPS) is 12.5. The second-order valence-corrected chi connectivity index (χ2v) is 4.94. The Kier molecular flexibility index (Phi) is 5.83. The van der Waals surface area contributed by atoms with Gasteiger partial charge in [-0.25, -0.2) is 0 Å². The minimum atomic E-state index is -0.757. The zero-order valence-corrected chi connectivity index (χ0v) is 10.5. The number of carboxylic acids is 1. The van der Waals surface area contributed by atoms with Crippen LogP contribution >= 0.6 is 0 Å². The van der Waals surface area contributed by atoms with E-state index in [0.29, 0.717) is 12.6 Å². The molecular formula is C11H24N2O2. The maximum Gasteiger partial charge on any atom is 0.310 e. The number of nitrogens with one attached hydrogen (secondary N) is 1. The van der Waals surface area contributed by atoms with Crippen molar-refractivity contribution < 1.29 is 9.90 Å². The lowest BCUT2D eigenvalue weighted by molar-refractivity contribution is -0.146. The molecular weight excluding hydrogens is 192 g/mol. The Morgan fingerprint density at radius 2 is 2.00 bits per heavy atom. The van der Waals surface area contributed by atoms with Gasteiger partial charge in [-0.15, -0.1) is 0 Å². The van der Waals surface area contributed by atoms with E-state index in [4.69, 9.17) is 5.11 Å². The summed E-state index contributed by atoms with van der Waals surface area (Å²) in [5.41, 5.74) is -0.684. The lowest BCUT2D eigenvalue weighted by Crippen LogP contribution is -2.40. The van der Waals surface area contributed by atoms with Crippen LogP contribution in [0.15, 0.2) is 0 Å². The van der Waals surface area contributed by atoms with Gasteiger partial charge in [-0.3, -0.25) is 4.79 Å². The number of likely N-dealkylation sites (N-methyl/N-ethyl adjacent to an activating group) is 1. The zero-order chi connectivity index (χ0) is 12.1. The quantitative estimate of drug-likeness (QED) is 0.624. The molecule has 0 spiro atoms. The highest BCUT2D eigenvalue weighted by molar-refractivity contribution is 5.73. The highest BCUT2D eigenvalue weighted by Crippen LogP contribution is 2.12. The molecule has 0 amide bonds. The van der Waals surface area contributed by atoms with Gasteiger partial charge in [-0.1, -0.05) is 0 Å². The SMILES string of the molecule is CC(C)N(C)CCNCC(C)(C)C(=O)O. The molecule has 0 aliphatic heterocycles. The lowest BCUT2D eigenvalue weighted by atomic mass is 9.94. The second-order valence-electron chi connectivity index (χ2n) is 4.94. The van der Waals surface area contributed by atoms with E-state index in [1.807, 2.05) is 0 Å². The van der Waals surface area contributed by atoms with Gasteiger partial charge < -0.3 is 15.3 Å². The van der Waals surface area contributed by atoms with Crippen molar-refractivity contribution in [2.75, 3.05) is 26.7 Å². The molecule has 0 saturated carbocycles. The maximum atomic E-state index is 10.8. The van der Waals surface area contributed by atoms with Crippen LogP contribution in [-0.2, 0) is 4.79 Å². The molecule has 0 aromatic rings. The Morgan fingerprint density at radius 1 is 1.47 bits per heavy atom. The number of aliphatic carboxylic acids is 1. The molecule has 0 atom stereocenters. The molecule has 4 nitrogen and oxygen atoms in total. The van der Waals surface area contributed by atoms with E-state index >= 15 is 0 Å². The Bertz CT molecular complexity index is 203.